The Morgan fingerprint density at radius 1 is 1.29 bits per heavy atom. The first-order chi connectivity index (χ1) is 6.66. The predicted molar refractivity (Wildman–Crippen MR) is 54.5 cm³/mol. The highest BCUT2D eigenvalue weighted by Crippen LogP contribution is 1.77. The summed E-state index contributed by atoms with van der Waals surface area (Å²) in [7, 11) is 1.57. The molecule has 5 heteroatoms. The third-order valence-electron chi connectivity index (χ3n) is 2.01. The molecule has 1 heterocycles. The quantitative estimate of drug-likeness (QED) is 0.505. The molecule has 0 aliphatic carbocycles. The molecular weight excluding hydrogens is 182 g/mol. The molecule has 0 saturated carbocycles. The summed E-state index contributed by atoms with van der Waals surface area (Å²) >= 11 is 0. The van der Waals surface area contributed by atoms with Gasteiger partial charge in [-0.3, -0.25) is 9.59 Å². The van der Waals surface area contributed by atoms with Crippen molar-refractivity contribution in [2.75, 3.05) is 13.1 Å². The Balaban J connectivity index is 2.84. The van der Waals surface area contributed by atoms with Gasteiger partial charge < -0.3 is 14.5 Å². The van der Waals surface area contributed by atoms with Crippen LogP contribution in [-0.2, 0) is 13.6 Å². The first kappa shape index (κ1) is 10.7. The lowest BCUT2D eigenvalue weighted by Crippen LogP contribution is -2.40. The molecule has 0 radical (unpaired) electrons. The van der Waals surface area contributed by atoms with Crippen LogP contribution >= 0.6 is 0 Å². The first-order valence-electron chi connectivity index (χ1n) is 4.63. The molecule has 14 heavy (non-hydrogen) atoms. The molecule has 0 aromatic carbocycles. The monoisotopic (exact) mass is 197 g/mol. The van der Waals surface area contributed by atoms with E-state index in [1.165, 1.54) is 9.13 Å². The first-order valence-corrected chi connectivity index (χ1v) is 4.63. The Hall–Kier alpha value is -1.36. The van der Waals surface area contributed by atoms with Crippen LogP contribution in [0, 0.1) is 0 Å². The van der Waals surface area contributed by atoms with Crippen LogP contribution in [0.15, 0.2) is 22.0 Å². The number of aromatic nitrogens is 2. The van der Waals surface area contributed by atoms with Crippen LogP contribution in [-0.4, -0.2) is 22.2 Å². The molecule has 1 N–H and O–H groups in total. The van der Waals surface area contributed by atoms with Crippen molar-refractivity contribution in [2.45, 2.75) is 13.5 Å². The zero-order valence-corrected chi connectivity index (χ0v) is 8.49. The maximum absolute atomic E-state index is 11.4. The van der Waals surface area contributed by atoms with Crippen molar-refractivity contribution in [2.24, 2.45) is 7.05 Å². The molecule has 1 aromatic heterocycles. The second-order valence-corrected chi connectivity index (χ2v) is 3.07. The largest absolute Gasteiger partial charge is 0.316 e. The Bertz CT molecular complexity index is 405. The summed E-state index contributed by atoms with van der Waals surface area (Å²) in [6.07, 6.45) is 3.22. The topological polar surface area (TPSA) is 56.0 Å². The molecule has 0 aliphatic heterocycles. The van der Waals surface area contributed by atoms with Crippen molar-refractivity contribution in [3.8, 4) is 0 Å². The van der Waals surface area contributed by atoms with Crippen molar-refractivity contribution in [1.82, 2.24) is 14.5 Å². The minimum absolute atomic E-state index is 0.465. The minimum atomic E-state index is -0.482. The highest BCUT2D eigenvalue weighted by atomic mass is 16.2. The van der Waals surface area contributed by atoms with Crippen molar-refractivity contribution >= 4 is 0 Å². The SMILES string of the molecule is CCNCCn1ccn(C)c(=O)c1=O. The van der Waals surface area contributed by atoms with E-state index in [0.29, 0.717) is 13.1 Å². The van der Waals surface area contributed by atoms with Gasteiger partial charge in [0, 0.05) is 32.5 Å². The van der Waals surface area contributed by atoms with Crippen LogP contribution in [0.1, 0.15) is 6.92 Å². The predicted octanol–water partition coefficient (Wildman–Crippen LogP) is -0.843. The Labute approximate surface area is 82.0 Å². The molecule has 0 atom stereocenters. The zero-order valence-electron chi connectivity index (χ0n) is 8.49. The summed E-state index contributed by atoms with van der Waals surface area (Å²) in [4.78, 5) is 22.6. The molecule has 0 aliphatic rings. The minimum Gasteiger partial charge on any atom is -0.315 e. The van der Waals surface area contributed by atoms with E-state index in [9.17, 15) is 9.59 Å². The van der Waals surface area contributed by atoms with Crippen LogP contribution in [0.5, 0.6) is 0 Å². The van der Waals surface area contributed by atoms with Gasteiger partial charge in [-0.25, -0.2) is 0 Å². The average molecular weight is 197 g/mol. The summed E-state index contributed by atoms with van der Waals surface area (Å²) < 4.78 is 2.71. The van der Waals surface area contributed by atoms with E-state index in [1.807, 2.05) is 6.92 Å². The molecule has 1 aromatic rings. The van der Waals surface area contributed by atoms with E-state index in [4.69, 9.17) is 0 Å². The van der Waals surface area contributed by atoms with Crippen molar-refractivity contribution in [3.05, 3.63) is 33.1 Å². The van der Waals surface area contributed by atoms with Gasteiger partial charge in [-0.2, -0.15) is 0 Å². The van der Waals surface area contributed by atoms with E-state index >= 15 is 0 Å². The molecule has 0 saturated heterocycles. The number of likely N-dealkylation sites (N-methyl/N-ethyl adjacent to an activating group) is 1. The molecule has 0 unspecified atom stereocenters. The maximum Gasteiger partial charge on any atom is 0.316 e. The van der Waals surface area contributed by atoms with Crippen LogP contribution in [0.4, 0.5) is 0 Å². The van der Waals surface area contributed by atoms with Gasteiger partial charge in [0.05, 0.1) is 0 Å². The molecule has 0 fully saturated rings. The Morgan fingerprint density at radius 3 is 2.64 bits per heavy atom. The van der Waals surface area contributed by atoms with Gasteiger partial charge in [0.1, 0.15) is 0 Å². The van der Waals surface area contributed by atoms with E-state index in [0.717, 1.165) is 6.54 Å². The van der Waals surface area contributed by atoms with E-state index in [-0.39, 0.29) is 0 Å². The molecule has 0 spiro atoms. The molecule has 5 nitrogen and oxygen atoms in total. The van der Waals surface area contributed by atoms with Gasteiger partial charge in [-0.1, -0.05) is 6.92 Å². The lowest BCUT2D eigenvalue weighted by molar-refractivity contribution is 0.583. The van der Waals surface area contributed by atoms with Crippen molar-refractivity contribution in [1.29, 1.82) is 0 Å². The number of rotatable bonds is 4. The van der Waals surface area contributed by atoms with E-state index in [1.54, 1.807) is 19.4 Å². The van der Waals surface area contributed by atoms with Gasteiger partial charge in [0.25, 0.3) is 0 Å². The van der Waals surface area contributed by atoms with Crippen LogP contribution in [0.2, 0.25) is 0 Å². The number of nitrogens with zero attached hydrogens (tertiary/aromatic N) is 2. The van der Waals surface area contributed by atoms with E-state index < -0.39 is 11.1 Å². The van der Waals surface area contributed by atoms with Crippen LogP contribution in [0.3, 0.4) is 0 Å². The zero-order chi connectivity index (χ0) is 10.6. The Kier molecular flexibility index (Phi) is 3.64. The molecule has 1 rings (SSSR count). The molecule has 78 valence electrons. The standard InChI is InChI=1S/C9H15N3O2/c1-3-10-4-5-12-7-6-11(2)8(13)9(12)14/h6-7,10H,3-5H2,1-2H3. The van der Waals surface area contributed by atoms with Gasteiger partial charge in [0.2, 0.25) is 0 Å². The highest BCUT2D eigenvalue weighted by molar-refractivity contribution is 4.84. The van der Waals surface area contributed by atoms with Gasteiger partial charge in [0.15, 0.2) is 0 Å². The second-order valence-electron chi connectivity index (χ2n) is 3.07. The fourth-order valence-corrected chi connectivity index (χ4v) is 1.14. The number of hydrogen-bond acceptors (Lipinski definition) is 3. The summed E-state index contributed by atoms with van der Waals surface area (Å²) in [5, 5.41) is 3.09. The van der Waals surface area contributed by atoms with Crippen LogP contribution < -0.4 is 16.4 Å². The summed E-state index contributed by atoms with van der Waals surface area (Å²) in [5.74, 6) is 0. The molecule has 0 bridgehead atoms. The van der Waals surface area contributed by atoms with Crippen molar-refractivity contribution in [3.63, 3.8) is 0 Å². The lowest BCUT2D eigenvalue weighted by atomic mass is 10.5. The lowest BCUT2D eigenvalue weighted by Gasteiger charge is -2.05. The van der Waals surface area contributed by atoms with Crippen LogP contribution in [0.25, 0.3) is 0 Å². The fourth-order valence-electron chi connectivity index (χ4n) is 1.14. The molecule has 0 amide bonds. The normalized spacial score (nSPS) is 10.4. The fraction of sp³-hybridized carbons (Fsp3) is 0.556. The number of hydrogen-bond donors (Lipinski definition) is 1. The second kappa shape index (κ2) is 4.76. The maximum atomic E-state index is 11.4. The number of nitrogens with one attached hydrogen (secondary N) is 1. The van der Waals surface area contributed by atoms with Gasteiger partial charge >= 0.3 is 11.1 Å². The van der Waals surface area contributed by atoms with Crippen molar-refractivity contribution < 1.29 is 0 Å². The number of aryl methyl sites for hydroxylation is 1. The van der Waals surface area contributed by atoms with Gasteiger partial charge in [-0.05, 0) is 6.54 Å². The van der Waals surface area contributed by atoms with E-state index in [2.05, 4.69) is 5.32 Å². The average Bonchev–Trinajstić information content (AvgIpc) is 2.18. The summed E-state index contributed by atoms with van der Waals surface area (Å²) in [6.45, 7) is 4.08. The smallest absolute Gasteiger partial charge is 0.315 e. The highest BCUT2D eigenvalue weighted by Gasteiger charge is 2.00. The summed E-state index contributed by atoms with van der Waals surface area (Å²) in [5.41, 5.74) is -0.947. The van der Waals surface area contributed by atoms with Gasteiger partial charge in [-0.15, -0.1) is 0 Å². The summed E-state index contributed by atoms with van der Waals surface area (Å²) in [6, 6.07) is 0. The third kappa shape index (κ3) is 2.32. The third-order valence-corrected chi connectivity index (χ3v) is 2.01. The molecular formula is C9H15N3O2. The Morgan fingerprint density at radius 2 is 2.00 bits per heavy atom.